The molecule has 0 unspecified atom stereocenters. The summed E-state index contributed by atoms with van der Waals surface area (Å²) in [5.74, 6) is 1.02. The zero-order chi connectivity index (χ0) is 87.7. The highest BCUT2D eigenvalue weighted by Crippen LogP contribution is 2.48. The van der Waals surface area contributed by atoms with Crippen molar-refractivity contribution >= 4 is 109 Å². The zero-order valence-electron chi connectivity index (χ0n) is 68.4. The molecule has 28 nitrogen and oxygen atoms in total. The van der Waals surface area contributed by atoms with Crippen molar-refractivity contribution in [2.24, 2.45) is 21.1 Å². The Morgan fingerprint density at radius 2 is 0.772 bits per heavy atom. The fourth-order valence-electron chi connectivity index (χ4n) is 14.3. The number of nitrogens with two attached hydrogens (primary N) is 3. The second-order valence-corrected chi connectivity index (χ2v) is 31.2. The van der Waals surface area contributed by atoms with Crippen LogP contribution in [-0.4, -0.2) is 176 Å². The highest BCUT2D eigenvalue weighted by Gasteiger charge is 2.40. The average molecular weight is 1700 g/mol. The number of rotatable bonds is 21. The Labute approximate surface area is 700 Å². The summed E-state index contributed by atoms with van der Waals surface area (Å²) >= 11 is 0. The quantitative estimate of drug-likeness (QED) is 0.0302. The minimum atomic E-state index is -4.78. The molecule has 37 heteroatoms. The molecule has 0 radical (unpaired) electrons. The van der Waals surface area contributed by atoms with Crippen LogP contribution in [0.15, 0.2) is 146 Å². The van der Waals surface area contributed by atoms with Crippen molar-refractivity contribution < 1.29 is 68.2 Å². The molecule has 6 aromatic heterocycles. The number of likely N-dealkylation sites (N-methyl/N-ethyl adjacent to an activating group) is 3. The van der Waals surface area contributed by atoms with Gasteiger partial charge in [-0.25, -0.2) is 43.4 Å². The van der Waals surface area contributed by atoms with Gasteiger partial charge in [0.25, 0.3) is 5.91 Å². The molecule has 1 saturated heterocycles. The van der Waals surface area contributed by atoms with E-state index in [4.69, 9.17) is 41.6 Å². The lowest BCUT2D eigenvalue weighted by Gasteiger charge is -2.33. The molecule has 0 spiro atoms. The van der Waals surface area contributed by atoms with Crippen molar-refractivity contribution in [1.82, 2.24) is 63.9 Å². The number of piperazine rings is 1. The third kappa shape index (κ3) is 20.5. The Kier molecular flexibility index (Phi) is 24.8. The molecule has 644 valence electrons. The fraction of sp³-hybridized carbons (Fsp3) is 0.326. The number of ether oxygens (including phenoxy) is 2. The number of fused-ring (bicyclic) bond motifs is 3. The molecule has 3 saturated carbocycles. The number of nitrogens with zero attached hydrogens (tertiary/aromatic N) is 13. The Morgan fingerprint density at radius 1 is 0.423 bits per heavy atom. The van der Waals surface area contributed by atoms with Crippen LogP contribution in [0.4, 0.5) is 105 Å². The maximum absolute atomic E-state index is 14.0. The first kappa shape index (κ1) is 86.1. The molecule has 0 bridgehead atoms. The number of hydrogen-bond donors (Lipinski definition) is 9. The summed E-state index contributed by atoms with van der Waals surface area (Å²) in [6.07, 6.45) is -7.52. The molecule has 1 aliphatic heterocycles. The summed E-state index contributed by atoms with van der Waals surface area (Å²) in [4.78, 5) is 72.3. The van der Waals surface area contributed by atoms with E-state index in [1.54, 1.807) is 110 Å². The van der Waals surface area contributed by atoms with Crippen LogP contribution in [-0.2, 0) is 39.7 Å². The molecular weight excluding hydrogens is 1610 g/mol. The van der Waals surface area contributed by atoms with Gasteiger partial charge in [-0.2, -0.15) is 54.8 Å². The molecule has 12 N–H and O–H groups in total. The van der Waals surface area contributed by atoms with E-state index in [0.717, 1.165) is 129 Å². The second kappa shape index (κ2) is 35.4. The standard InChI is InChI=1S/C30H31F3N8O2.2C28H30F3N7O2/c1-39-11-13-41(14-12-39)28(42)21-10-9-20(15-23(21)30(31,32)33)36-29(43)35-19-7-5-17(6-8-19)22-16-24(18-3-4-18)37-27-25(22)26(34)38-40(27)2;1-37(2)12-13-40-23-11-10-19(14-21(23)28(29,30)31)34-27(39)33-18-8-6-16(7-9-18)20-15-22(17-4-5-17)35-26-24(20)25(32)36-38(26)3;1-37(2)13-14-40-24-20(28(29,30)31)5-4-6-21(24)35-27(39)33-18-11-9-16(10-12-18)19-15-22(17-7-8-17)34-26-23(19)25(32)36-38(26)3/h5-10,15-16,18H,3-4,11-14H2,1-2H3,(H2,34,38)(H2,35,36,43);6-11,14-15,17H,4-5,12-13H2,1-3H3,(H2,32,36)(H2,33,34,39);4-6,9-12,15,17H,7-8,13-14H2,1-3H3,(H2,32,36)(H2,33,35,39). The number of nitrogens with one attached hydrogen (secondary N) is 6. The van der Waals surface area contributed by atoms with Crippen LogP contribution in [0.2, 0.25) is 0 Å². The van der Waals surface area contributed by atoms with E-state index in [2.05, 4.69) is 47.2 Å². The lowest BCUT2D eigenvalue weighted by molar-refractivity contribution is -0.139. The van der Waals surface area contributed by atoms with Gasteiger partial charge in [0.2, 0.25) is 0 Å². The smallest absolute Gasteiger partial charge is 0.420 e. The molecule has 3 aliphatic carbocycles. The van der Waals surface area contributed by atoms with Crippen LogP contribution < -0.4 is 58.6 Å². The first-order valence-electron chi connectivity index (χ1n) is 39.6. The van der Waals surface area contributed by atoms with E-state index in [0.29, 0.717) is 108 Å². The van der Waals surface area contributed by atoms with Gasteiger partial charge in [0.15, 0.2) is 40.1 Å². The van der Waals surface area contributed by atoms with Crippen LogP contribution in [0, 0.1) is 0 Å². The molecular formula is C86H91F9N22O6. The molecule has 4 aliphatic rings. The maximum Gasteiger partial charge on any atom is 0.420 e. The Balaban J connectivity index is 0.000000151. The lowest BCUT2D eigenvalue weighted by atomic mass is 10.0. The van der Waals surface area contributed by atoms with E-state index in [1.807, 2.05) is 66.5 Å². The number of hydrogen-bond acceptors (Lipinski definition) is 18. The number of anilines is 9. The van der Waals surface area contributed by atoms with Crippen LogP contribution in [0.5, 0.6) is 11.5 Å². The number of amides is 7. The minimum Gasteiger partial charge on any atom is -0.492 e. The van der Waals surface area contributed by atoms with Crippen molar-refractivity contribution in [1.29, 1.82) is 0 Å². The van der Waals surface area contributed by atoms with Gasteiger partial charge in [0.05, 0.1) is 44.1 Å². The van der Waals surface area contributed by atoms with Crippen LogP contribution >= 0.6 is 0 Å². The highest BCUT2D eigenvalue weighted by molar-refractivity contribution is 6.06. The normalized spacial score (nSPS) is 14.4. The third-order valence-corrected chi connectivity index (χ3v) is 21.2. The van der Waals surface area contributed by atoms with Crippen LogP contribution in [0.3, 0.4) is 0 Å². The number of nitrogen functional groups attached to an aromatic ring is 3. The van der Waals surface area contributed by atoms with E-state index in [-0.39, 0.29) is 36.0 Å². The van der Waals surface area contributed by atoms with Crippen LogP contribution in [0.25, 0.3) is 66.5 Å². The van der Waals surface area contributed by atoms with E-state index in [9.17, 15) is 58.7 Å². The third-order valence-electron chi connectivity index (χ3n) is 21.2. The van der Waals surface area contributed by atoms with Gasteiger partial charge in [-0.05, 0) is 210 Å². The zero-order valence-corrected chi connectivity index (χ0v) is 68.4. The monoisotopic (exact) mass is 1700 g/mol. The van der Waals surface area contributed by atoms with E-state index in [1.165, 1.54) is 35.2 Å². The van der Waals surface area contributed by atoms with Gasteiger partial charge in [-0.15, -0.1) is 0 Å². The second-order valence-electron chi connectivity index (χ2n) is 31.2. The average Bonchev–Trinajstić information content (AvgIpc) is 1.60. The van der Waals surface area contributed by atoms with Gasteiger partial charge in [0, 0.05) is 124 Å². The molecule has 123 heavy (non-hydrogen) atoms. The SMILES string of the molecule is CN(C)CCOc1c(NC(=O)Nc2ccc(-c3cc(C4CC4)nc4c3c(N)nn4C)cc2)cccc1C(F)(F)F.CN(C)CCOc1ccc(NC(=O)Nc2ccc(-c3cc(C4CC4)nc4c3c(N)nn4C)cc2)cc1C(F)(F)F.CN1CCN(C(=O)c2ccc(NC(=O)Nc3ccc(-c4cc(C5CC5)nc5c4c(N)nn5C)cc3)cc2C(F)(F)F)CC1. The number of para-hydroxylation sites is 1. The van der Waals surface area contributed by atoms with E-state index < -0.39 is 70.5 Å². The Hall–Kier alpha value is -13.3. The summed E-state index contributed by atoms with van der Waals surface area (Å²) in [7, 11) is 14.5. The number of alkyl halides is 9. The summed E-state index contributed by atoms with van der Waals surface area (Å²) in [5.41, 5.74) is 26.7. The first-order chi connectivity index (χ1) is 58.5. The summed E-state index contributed by atoms with van der Waals surface area (Å²) in [5, 5.41) is 30.6. The summed E-state index contributed by atoms with van der Waals surface area (Å²) < 4.78 is 139. The number of carbonyl (C=O) groups excluding carboxylic acids is 4. The van der Waals surface area contributed by atoms with Crippen molar-refractivity contribution in [2.75, 3.05) is 137 Å². The number of aryl methyl sites for hydroxylation is 3. The van der Waals surface area contributed by atoms with Gasteiger partial charge in [-0.3, -0.25) is 4.79 Å². The van der Waals surface area contributed by atoms with Gasteiger partial charge in [-0.1, -0.05) is 42.5 Å². The summed E-state index contributed by atoms with van der Waals surface area (Å²) in [6.45, 7) is 2.83. The number of carbonyl (C=O) groups is 4. The molecule has 7 amide bonds. The lowest BCUT2D eigenvalue weighted by Crippen LogP contribution is -2.47. The number of halogens is 9. The molecule has 6 aromatic carbocycles. The topological polar surface area (TPSA) is 342 Å². The predicted octanol–water partition coefficient (Wildman–Crippen LogP) is 16.5. The number of urea groups is 3. The molecule has 0 atom stereocenters. The molecule has 4 fully saturated rings. The van der Waals surface area contributed by atoms with Crippen molar-refractivity contribution in [3.63, 3.8) is 0 Å². The molecule has 12 aromatic rings. The van der Waals surface area contributed by atoms with Gasteiger partial charge >= 0.3 is 36.6 Å². The Morgan fingerprint density at radius 3 is 1.15 bits per heavy atom. The number of pyridine rings is 3. The first-order valence-corrected chi connectivity index (χ1v) is 39.6. The predicted molar refractivity (Wildman–Crippen MR) is 455 cm³/mol. The van der Waals surface area contributed by atoms with Gasteiger partial charge < -0.3 is 78.2 Å². The maximum atomic E-state index is 14.0. The van der Waals surface area contributed by atoms with Crippen LogP contribution in [0.1, 0.15) is 100 Å². The van der Waals surface area contributed by atoms with Crippen molar-refractivity contribution in [2.45, 2.75) is 74.8 Å². The van der Waals surface area contributed by atoms with Crippen molar-refractivity contribution in [3.8, 4) is 44.9 Å². The van der Waals surface area contributed by atoms with Gasteiger partial charge in [0.1, 0.15) is 19.0 Å². The largest absolute Gasteiger partial charge is 0.492 e. The van der Waals surface area contributed by atoms with Crippen molar-refractivity contribution in [3.05, 3.63) is 185 Å². The highest BCUT2D eigenvalue weighted by atomic mass is 19.4. The fourth-order valence-corrected chi connectivity index (χ4v) is 14.3. The minimum absolute atomic E-state index is 0.0137. The summed E-state index contributed by atoms with van der Waals surface area (Å²) in [6, 6.07) is 35.4. The molecule has 7 heterocycles. The van der Waals surface area contributed by atoms with E-state index >= 15 is 0 Å². The number of benzene rings is 6. The molecule has 16 rings (SSSR count). The number of aromatic nitrogens is 9. The Bertz CT molecular complexity index is 5920.